The Morgan fingerprint density at radius 1 is 0.269 bits per heavy atom. The van der Waals surface area contributed by atoms with Crippen LogP contribution in [0.2, 0.25) is 0 Å². The Morgan fingerprint density at radius 3 is 1.02 bits per heavy atom. The van der Waals surface area contributed by atoms with E-state index in [9.17, 15) is 14.4 Å². The monoisotopic (exact) mass is 1760 g/mol. The molecule has 0 unspecified atom stereocenters. The van der Waals surface area contributed by atoms with E-state index in [1.165, 1.54) is 72.8 Å². The average molecular weight is 1770 g/mol. The molecule has 5 fully saturated rings. The number of carbonyl (C=O) groups is 7. The summed E-state index contributed by atoms with van der Waals surface area (Å²) in [5.41, 5.74) is 3.32. The van der Waals surface area contributed by atoms with Gasteiger partial charge >= 0.3 is 41.8 Å². The molecule has 5 heterocycles. The second-order valence-electron chi connectivity index (χ2n) is 31.7. The lowest BCUT2D eigenvalue weighted by Crippen LogP contribution is -2.69. The molecule has 19 atom stereocenters. The number of carbonyl (C=O) groups excluding carboxylic acids is 7. The van der Waals surface area contributed by atoms with Crippen LogP contribution < -0.4 is 0 Å². The Morgan fingerprint density at radius 2 is 0.577 bits per heavy atom. The van der Waals surface area contributed by atoms with Gasteiger partial charge in [0.2, 0.25) is 12.4 Å². The van der Waals surface area contributed by atoms with Gasteiger partial charge < -0.3 is 94.7 Å². The zero-order valence-electron chi connectivity index (χ0n) is 70.9. The van der Waals surface area contributed by atoms with Gasteiger partial charge in [0.05, 0.1) is 78.6 Å². The van der Waals surface area contributed by atoms with Gasteiger partial charge in [-0.15, -0.1) is 0 Å². The second-order valence-corrected chi connectivity index (χ2v) is 31.7. The molecule has 0 amide bonds. The van der Waals surface area contributed by atoms with Crippen LogP contribution in [0.3, 0.4) is 0 Å². The van der Waals surface area contributed by atoms with Crippen LogP contribution in [-0.4, -0.2) is 191 Å². The summed E-state index contributed by atoms with van der Waals surface area (Å²) in [6, 6.07) is 92.9. The molecule has 27 heteroatoms. The summed E-state index contributed by atoms with van der Waals surface area (Å²) in [5, 5.41) is 0. The molecule has 5 aliphatic rings. The lowest BCUT2D eigenvalue weighted by atomic mass is 9.95. The van der Waals surface area contributed by atoms with Crippen LogP contribution in [0.25, 0.3) is 0 Å². The molecular formula is C103H96O27. The highest BCUT2D eigenvalue weighted by atomic mass is 16.8. The van der Waals surface area contributed by atoms with E-state index < -0.39 is 184 Å². The van der Waals surface area contributed by atoms with E-state index in [4.69, 9.17) is 94.7 Å². The highest BCUT2D eigenvalue weighted by Gasteiger charge is 2.63. The van der Waals surface area contributed by atoms with Crippen LogP contribution in [0, 0.1) is 0 Å². The first-order valence-electron chi connectivity index (χ1n) is 42.8. The fourth-order valence-electron chi connectivity index (χ4n) is 15.8. The van der Waals surface area contributed by atoms with Crippen LogP contribution in [0.4, 0.5) is 0 Å². The average Bonchev–Trinajstić information content (AvgIpc) is 1.49. The maximum Gasteiger partial charge on any atom is 0.340 e. The number of hydrogen-bond acceptors (Lipinski definition) is 27. The van der Waals surface area contributed by atoms with Crippen LogP contribution >= 0.6 is 0 Å². The highest BCUT2D eigenvalue weighted by Crippen LogP contribution is 2.45. The molecule has 0 saturated carbocycles. The zero-order valence-corrected chi connectivity index (χ0v) is 70.9. The third kappa shape index (κ3) is 23.4. The maximum absolute atomic E-state index is 15.9. The van der Waals surface area contributed by atoms with E-state index in [1.807, 2.05) is 121 Å². The Hall–Kier alpha value is -12.8. The van der Waals surface area contributed by atoms with Crippen molar-refractivity contribution in [1.29, 1.82) is 0 Å². The van der Waals surface area contributed by atoms with Gasteiger partial charge in [0.1, 0.15) is 80.4 Å². The summed E-state index contributed by atoms with van der Waals surface area (Å²) in [6.45, 7) is 1.32. The SMILES string of the molecule is CC1(C)O[C@H]2[C@@H](O1)[C@@H](COC(=O)c1ccccc1)O[C@@H](O[C@H]1[C@@H](OC(=O)c3ccccc3)[C@@H](COCc3ccccc3)O[C@@H](O[C@H]3[C@H](OC(=O)c4ccccc4)[C@H](OC(=O)c4ccccc4)[C@@H](OC(=O)c4ccccc4)O[C@@H]3COC(=O)c3ccccc3)[C@@H]1OC(=O)c1ccccc1)[C@@H]2O[C@@H]1OC[C@@H](OCc2ccccc2)[C@@H](OCc2ccccc2)[C@@H]1OCc1ccccc1. The van der Waals surface area contributed by atoms with Crippen molar-refractivity contribution in [2.45, 2.75) is 163 Å². The second kappa shape index (κ2) is 44.0. The Kier molecular flexibility index (Phi) is 30.6. The third-order valence-electron chi connectivity index (χ3n) is 22.2. The summed E-state index contributed by atoms with van der Waals surface area (Å²) < 4.78 is 139. The molecule has 0 spiro atoms. The molecule has 5 aliphatic heterocycles. The molecule has 130 heavy (non-hydrogen) atoms. The molecule has 27 nitrogen and oxygen atoms in total. The fourth-order valence-corrected chi connectivity index (χ4v) is 15.8. The standard InChI is InChI=1S/C103H96O27/c1-103(2)129-84-80(65-116-93(105)71-46-24-8-25-47-71)120-101(91(87(84)130-103)127-99-88(114-61-69-42-20-6-21-43-69)81(113-60-68-40-18-5-19-41-68)77(63-117-99)112-59-67-38-16-4-17-39-67)126-86-82(121-94(106)72-48-26-9-27-49-72)78(62-111-58-66-36-14-3-15-37-66)118-100(90(86)124-97(109)75-54-32-12-33-55-75)125-83-79(64-115-92(104)70-44-22-7-23-45-70)119-102(128-98(110)76-56-34-13-35-57-76)89(123-96(108)74-52-30-11-31-53-74)85(83)122-95(107)73-50-28-10-29-51-73/h3-57,77-91,99-102H,58-65H2,1-2H3/t77-,78-,79-,80-,81-,82+,83-,84+,85+,86+,87+,88+,89+,90-,91-,99+,100+,101+,102-/m1/s1. The van der Waals surface area contributed by atoms with Crippen LogP contribution in [-0.2, 0) is 121 Å². The minimum atomic E-state index is -2.20. The van der Waals surface area contributed by atoms with Crippen molar-refractivity contribution in [2.24, 2.45) is 0 Å². The maximum atomic E-state index is 15.9. The molecule has 0 bridgehead atoms. The largest absolute Gasteiger partial charge is 0.459 e. The quantitative estimate of drug-likeness (QED) is 0.0263. The molecular weight excluding hydrogens is 1670 g/mol. The summed E-state index contributed by atoms with van der Waals surface area (Å²) in [7, 11) is 0. The molecule has 5 saturated heterocycles. The first-order chi connectivity index (χ1) is 63.6. The lowest BCUT2D eigenvalue weighted by Gasteiger charge is -2.51. The van der Waals surface area contributed by atoms with Crippen LogP contribution in [0.5, 0.6) is 0 Å². The first-order valence-corrected chi connectivity index (χ1v) is 42.8. The van der Waals surface area contributed by atoms with E-state index in [2.05, 4.69) is 0 Å². The zero-order chi connectivity index (χ0) is 89.6. The van der Waals surface area contributed by atoms with E-state index in [-0.39, 0.29) is 72.0 Å². The molecule has 0 aliphatic carbocycles. The normalized spacial score (nSPS) is 25.6. The molecule has 11 aromatic carbocycles. The Labute approximate surface area is 750 Å². The number of fused-ring (bicyclic) bond motifs is 1. The molecule has 16 rings (SSSR count). The summed E-state index contributed by atoms with van der Waals surface area (Å²) >= 11 is 0. The van der Waals surface area contributed by atoms with Crippen LogP contribution in [0.1, 0.15) is 109 Å². The van der Waals surface area contributed by atoms with Gasteiger partial charge in [-0.2, -0.15) is 0 Å². The van der Waals surface area contributed by atoms with Crippen molar-refractivity contribution in [3.8, 4) is 0 Å². The van der Waals surface area contributed by atoms with Gasteiger partial charge in [-0.1, -0.05) is 249 Å². The highest BCUT2D eigenvalue weighted by molar-refractivity contribution is 5.93. The van der Waals surface area contributed by atoms with E-state index in [0.717, 1.165) is 16.7 Å². The fraction of sp³-hybridized carbons (Fsp3) is 0.291. The van der Waals surface area contributed by atoms with Crippen molar-refractivity contribution >= 4 is 41.8 Å². The predicted octanol–water partition coefficient (Wildman–Crippen LogP) is 14.6. The molecule has 0 radical (unpaired) electrons. The van der Waals surface area contributed by atoms with Gasteiger partial charge in [0.25, 0.3) is 0 Å². The molecule has 11 aromatic rings. The number of ether oxygens (including phenoxy) is 20. The van der Waals surface area contributed by atoms with Crippen molar-refractivity contribution < 1.29 is 128 Å². The minimum absolute atomic E-state index is 0.00732. The summed E-state index contributed by atoms with van der Waals surface area (Å²) in [4.78, 5) is 106. The van der Waals surface area contributed by atoms with Crippen molar-refractivity contribution in [2.75, 3.05) is 26.4 Å². The number of hydrogen-bond donors (Lipinski definition) is 0. The lowest BCUT2D eigenvalue weighted by molar-refractivity contribution is -0.388. The van der Waals surface area contributed by atoms with Crippen molar-refractivity contribution in [1.82, 2.24) is 0 Å². The van der Waals surface area contributed by atoms with Gasteiger partial charge in [-0.25, -0.2) is 33.6 Å². The topological polar surface area (TPSA) is 304 Å². The number of rotatable bonds is 35. The Bertz CT molecular complexity index is 5450. The van der Waals surface area contributed by atoms with Gasteiger partial charge in [0, 0.05) is 0 Å². The number of esters is 7. The Balaban J connectivity index is 0.874. The van der Waals surface area contributed by atoms with E-state index in [0.29, 0.717) is 5.56 Å². The summed E-state index contributed by atoms with van der Waals surface area (Å²) in [5.74, 6) is -8.28. The third-order valence-corrected chi connectivity index (χ3v) is 22.2. The molecule has 0 N–H and O–H groups in total. The van der Waals surface area contributed by atoms with Crippen LogP contribution in [0.15, 0.2) is 334 Å². The van der Waals surface area contributed by atoms with E-state index >= 15 is 19.2 Å². The summed E-state index contributed by atoms with van der Waals surface area (Å²) in [6.07, 6.45) is -32.1. The predicted molar refractivity (Wildman–Crippen MR) is 463 cm³/mol. The molecule has 670 valence electrons. The number of benzene rings is 11. The van der Waals surface area contributed by atoms with Crippen molar-refractivity contribution in [3.05, 3.63) is 395 Å². The molecule has 0 aromatic heterocycles. The first kappa shape index (κ1) is 90.5. The smallest absolute Gasteiger partial charge is 0.340 e. The van der Waals surface area contributed by atoms with Gasteiger partial charge in [-0.3, -0.25) is 0 Å². The van der Waals surface area contributed by atoms with Gasteiger partial charge in [0.15, 0.2) is 43.0 Å². The van der Waals surface area contributed by atoms with Gasteiger partial charge in [-0.05, 0) is 121 Å². The van der Waals surface area contributed by atoms with Crippen molar-refractivity contribution in [3.63, 3.8) is 0 Å². The minimum Gasteiger partial charge on any atom is -0.459 e. The van der Waals surface area contributed by atoms with E-state index in [1.54, 1.807) is 153 Å².